The second-order valence-electron chi connectivity index (χ2n) is 5.48. The minimum absolute atomic E-state index is 0.0542. The third-order valence-electron chi connectivity index (χ3n) is 4.23. The summed E-state index contributed by atoms with van der Waals surface area (Å²) in [5, 5.41) is 13.4. The molecule has 110 valence electrons. The highest BCUT2D eigenvalue weighted by atomic mass is 16.3. The van der Waals surface area contributed by atoms with Crippen molar-refractivity contribution in [1.82, 2.24) is 10.2 Å². The molecule has 1 saturated heterocycles. The number of aliphatic hydroxyl groups is 1. The number of aliphatic hydroxyl groups excluding tert-OH is 1. The topological polar surface area (TPSA) is 35.5 Å². The molecule has 2 atom stereocenters. The summed E-state index contributed by atoms with van der Waals surface area (Å²) in [6.45, 7) is 2.98. The number of hydrogen-bond donors (Lipinski definition) is 2. The SMILES string of the molecule is OC[C@@H](c1ccccc1)N1CCNC[C@H]1c1ccccc1. The first kappa shape index (κ1) is 14.3. The first-order valence-corrected chi connectivity index (χ1v) is 7.57. The maximum absolute atomic E-state index is 9.93. The summed E-state index contributed by atoms with van der Waals surface area (Å²) in [5.41, 5.74) is 2.49. The molecule has 2 aromatic rings. The molecule has 21 heavy (non-hydrogen) atoms. The molecule has 1 fully saturated rings. The fraction of sp³-hybridized carbons (Fsp3) is 0.333. The summed E-state index contributed by atoms with van der Waals surface area (Å²) in [6.07, 6.45) is 0. The molecule has 0 amide bonds. The van der Waals surface area contributed by atoms with Crippen LogP contribution in [0.2, 0.25) is 0 Å². The highest BCUT2D eigenvalue weighted by Crippen LogP contribution is 2.31. The predicted molar refractivity (Wildman–Crippen MR) is 85.0 cm³/mol. The molecule has 0 unspecified atom stereocenters. The van der Waals surface area contributed by atoms with E-state index in [1.807, 2.05) is 24.3 Å². The van der Waals surface area contributed by atoms with E-state index in [9.17, 15) is 5.11 Å². The van der Waals surface area contributed by atoms with Crippen LogP contribution in [0.3, 0.4) is 0 Å². The minimum Gasteiger partial charge on any atom is -0.394 e. The smallest absolute Gasteiger partial charge is 0.0628 e. The normalized spacial score (nSPS) is 21.1. The monoisotopic (exact) mass is 282 g/mol. The molecular weight excluding hydrogens is 260 g/mol. The van der Waals surface area contributed by atoms with Crippen LogP contribution in [-0.4, -0.2) is 36.2 Å². The zero-order valence-corrected chi connectivity index (χ0v) is 12.2. The lowest BCUT2D eigenvalue weighted by atomic mass is 9.98. The molecular formula is C18H22N2O. The van der Waals surface area contributed by atoms with E-state index in [1.165, 1.54) is 11.1 Å². The number of nitrogens with zero attached hydrogens (tertiary/aromatic N) is 1. The van der Waals surface area contributed by atoms with Gasteiger partial charge >= 0.3 is 0 Å². The van der Waals surface area contributed by atoms with Crippen molar-refractivity contribution in [2.75, 3.05) is 26.2 Å². The van der Waals surface area contributed by atoms with Crippen molar-refractivity contribution in [2.24, 2.45) is 0 Å². The van der Waals surface area contributed by atoms with Crippen molar-refractivity contribution < 1.29 is 5.11 Å². The van der Waals surface area contributed by atoms with Gasteiger partial charge in [-0.1, -0.05) is 60.7 Å². The van der Waals surface area contributed by atoms with Crippen molar-refractivity contribution in [2.45, 2.75) is 12.1 Å². The van der Waals surface area contributed by atoms with Crippen LogP contribution >= 0.6 is 0 Å². The fourth-order valence-electron chi connectivity index (χ4n) is 3.15. The van der Waals surface area contributed by atoms with E-state index in [-0.39, 0.29) is 12.6 Å². The number of hydrogen-bond acceptors (Lipinski definition) is 3. The van der Waals surface area contributed by atoms with Crippen molar-refractivity contribution in [1.29, 1.82) is 0 Å². The van der Waals surface area contributed by atoms with Crippen LogP contribution in [0.1, 0.15) is 23.2 Å². The van der Waals surface area contributed by atoms with Crippen molar-refractivity contribution >= 4 is 0 Å². The van der Waals surface area contributed by atoms with Gasteiger partial charge in [-0.15, -0.1) is 0 Å². The second kappa shape index (κ2) is 6.85. The molecule has 1 aliphatic rings. The van der Waals surface area contributed by atoms with Gasteiger partial charge in [0.05, 0.1) is 12.6 Å². The Balaban J connectivity index is 1.89. The van der Waals surface area contributed by atoms with Gasteiger partial charge in [-0.05, 0) is 11.1 Å². The summed E-state index contributed by atoms with van der Waals surface area (Å²) in [4.78, 5) is 2.42. The zero-order valence-electron chi connectivity index (χ0n) is 12.2. The molecule has 2 aromatic carbocycles. The Morgan fingerprint density at radius 1 is 1.05 bits per heavy atom. The van der Waals surface area contributed by atoms with Crippen molar-refractivity contribution in [3.8, 4) is 0 Å². The van der Waals surface area contributed by atoms with Crippen LogP contribution in [0.15, 0.2) is 60.7 Å². The summed E-state index contributed by atoms with van der Waals surface area (Å²) in [6, 6.07) is 21.2. The first-order chi connectivity index (χ1) is 10.4. The number of rotatable bonds is 4. The molecule has 0 aliphatic carbocycles. The highest BCUT2D eigenvalue weighted by Gasteiger charge is 2.30. The lowest BCUT2D eigenvalue weighted by Gasteiger charge is -2.41. The maximum atomic E-state index is 9.93. The van der Waals surface area contributed by atoms with Gasteiger partial charge in [0, 0.05) is 25.7 Å². The molecule has 3 nitrogen and oxygen atoms in total. The molecule has 2 N–H and O–H groups in total. The van der Waals surface area contributed by atoms with Crippen LogP contribution in [0.5, 0.6) is 0 Å². The largest absolute Gasteiger partial charge is 0.394 e. The Hall–Kier alpha value is -1.68. The average Bonchev–Trinajstić information content (AvgIpc) is 2.58. The molecule has 3 rings (SSSR count). The third kappa shape index (κ3) is 3.16. The van der Waals surface area contributed by atoms with E-state index < -0.39 is 0 Å². The molecule has 0 spiro atoms. The van der Waals surface area contributed by atoms with Crippen LogP contribution in [0.4, 0.5) is 0 Å². The lowest BCUT2D eigenvalue weighted by Crippen LogP contribution is -2.48. The van der Waals surface area contributed by atoms with Gasteiger partial charge in [0.2, 0.25) is 0 Å². The highest BCUT2D eigenvalue weighted by molar-refractivity contribution is 5.24. The van der Waals surface area contributed by atoms with Gasteiger partial charge in [0.1, 0.15) is 0 Å². The molecule has 3 heteroatoms. The molecule has 0 aromatic heterocycles. The predicted octanol–water partition coefficient (Wildman–Crippen LogP) is 2.37. The van der Waals surface area contributed by atoms with Crippen molar-refractivity contribution in [3.63, 3.8) is 0 Å². The summed E-state index contributed by atoms with van der Waals surface area (Å²) in [5.74, 6) is 0. The van der Waals surface area contributed by atoms with Crippen molar-refractivity contribution in [3.05, 3.63) is 71.8 Å². The van der Waals surface area contributed by atoms with Gasteiger partial charge in [-0.25, -0.2) is 0 Å². The van der Waals surface area contributed by atoms with Gasteiger partial charge in [0.25, 0.3) is 0 Å². The van der Waals surface area contributed by atoms with Crippen LogP contribution < -0.4 is 5.32 Å². The zero-order chi connectivity index (χ0) is 14.5. The quantitative estimate of drug-likeness (QED) is 0.903. The van der Waals surface area contributed by atoms with Crippen LogP contribution in [0, 0.1) is 0 Å². The van der Waals surface area contributed by atoms with E-state index in [1.54, 1.807) is 0 Å². The Labute approximate surface area is 126 Å². The van der Waals surface area contributed by atoms with E-state index in [0.717, 1.165) is 19.6 Å². The molecule has 0 radical (unpaired) electrons. The minimum atomic E-state index is 0.0542. The Bertz CT molecular complexity index is 502. The number of piperazine rings is 1. The Morgan fingerprint density at radius 2 is 1.71 bits per heavy atom. The number of nitrogens with one attached hydrogen (secondary N) is 1. The molecule has 0 bridgehead atoms. The Morgan fingerprint density at radius 3 is 2.38 bits per heavy atom. The van der Waals surface area contributed by atoms with Gasteiger partial charge < -0.3 is 10.4 Å². The summed E-state index contributed by atoms with van der Waals surface area (Å²) < 4.78 is 0. The van der Waals surface area contributed by atoms with Gasteiger partial charge in [-0.2, -0.15) is 0 Å². The van der Waals surface area contributed by atoms with E-state index in [2.05, 4.69) is 46.6 Å². The molecule has 1 aliphatic heterocycles. The molecule has 1 heterocycles. The Kier molecular flexibility index (Phi) is 4.65. The van der Waals surface area contributed by atoms with Gasteiger partial charge in [0.15, 0.2) is 0 Å². The summed E-state index contributed by atoms with van der Waals surface area (Å²) >= 11 is 0. The second-order valence-corrected chi connectivity index (χ2v) is 5.48. The van der Waals surface area contributed by atoms with E-state index >= 15 is 0 Å². The lowest BCUT2D eigenvalue weighted by molar-refractivity contribution is 0.0642. The maximum Gasteiger partial charge on any atom is 0.0628 e. The molecule has 0 saturated carbocycles. The van der Waals surface area contributed by atoms with Gasteiger partial charge in [-0.3, -0.25) is 4.90 Å². The van der Waals surface area contributed by atoms with Crippen LogP contribution in [-0.2, 0) is 0 Å². The standard InChI is InChI=1S/C18H22N2O/c21-14-18(16-9-5-2-6-10-16)20-12-11-19-13-17(20)15-7-3-1-4-8-15/h1-10,17-19,21H,11-14H2/t17-,18-/m0/s1. The summed E-state index contributed by atoms with van der Waals surface area (Å²) in [7, 11) is 0. The number of benzene rings is 2. The van der Waals surface area contributed by atoms with E-state index in [4.69, 9.17) is 0 Å². The van der Waals surface area contributed by atoms with E-state index in [0.29, 0.717) is 6.04 Å². The third-order valence-corrected chi connectivity index (χ3v) is 4.23. The average molecular weight is 282 g/mol. The first-order valence-electron chi connectivity index (χ1n) is 7.57. The fourth-order valence-corrected chi connectivity index (χ4v) is 3.15. The van der Waals surface area contributed by atoms with Crippen LogP contribution in [0.25, 0.3) is 0 Å².